The Hall–Kier alpha value is -3.76. The molecule has 3 heterocycles. The first-order valence-electron chi connectivity index (χ1n) is 9.31. The molecule has 0 spiro atoms. The van der Waals surface area contributed by atoms with E-state index in [9.17, 15) is 22.0 Å². The number of benzene rings is 1. The number of hydrogen-bond acceptors (Lipinski definition) is 5. The summed E-state index contributed by atoms with van der Waals surface area (Å²) in [5, 5.41) is 3.52. The Morgan fingerprint density at radius 1 is 0.844 bits per heavy atom. The molecule has 0 atom stereocenters. The zero-order valence-corrected chi connectivity index (χ0v) is 16.8. The number of halogens is 5. The largest absolute Gasteiger partial charge is 0.435 e. The molecule has 0 aliphatic carbocycles. The van der Waals surface area contributed by atoms with Crippen molar-refractivity contribution in [3.63, 3.8) is 0 Å². The lowest BCUT2D eigenvalue weighted by Gasteiger charge is -2.22. The lowest BCUT2D eigenvalue weighted by Crippen LogP contribution is -2.26. The average Bonchev–Trinajstić information content (AvgIpc) is 3.25. The smallest absolute Gasteiger partial charge is 0.240 e. The SMILES string of the molecule is CC(C)(c1nccc(-c2ccc(F)cc2F)n1)c1nccc(-n2ccc(C(F)(F)F)n2)n1. The first-order chi connectivity index (χ1) is 15.1. The Morgan fingerprint density at radius 3 is 2.19 bits per heavy atom. The van der Waals surface area contributed by atoms with Crippen LogP contribution in [0.1, 0.15) is 31.2 Å². The molecule has 6 nitrogen and oxygen atoms in total. The van der Waals surface area contributed by atoms with E-state index in [1.807, 2.05) is 0 Å². The van der Waals surface area contributed by atoms with Gasteiger partial charge in [-0.25, -0.2) is 33.4 Å². The van der Waals surface area contributed by atoms with E-state index >= 15 is 0 Å². The molecule has 0 saturated heterocycles. The van der Waals surface area contributed by atoms with Gasteiger partial charge in [0.15, 0.2) is 11.5 Å². The van der Waals surface area contributed by atoms with Crippen molar-refractivity contribution in [2.75, 3.05) is 0 Å². The van der Waals surface area contributed by atoms with Gasteiger partial charge in [0, 0.05) is 36.3 Å². The molecule has 0 amide bonds. The van der Waals surface area contributed by atoms with Crippen molar-refractivity contribution < 1.29 is 22.0 Å². The van der Waals surface area contributed by atoms with Crippen molar-refractivity contribution in [1.29, 1.82) is 0 Å². The fourth-order valence-electron chi connectivity index (χ4n) is 2.99. The summed E-state index contributed by atoms with van der Waals surface area (Å²) < 4.78 is 67.0. The third kappa shape index (κ3) is 4.05. The van der Waals surface area contributed by atoms with Gasteiger partial charge in [-0.3, -0.25) is 0 Å². The Labute approximate surface area is 178 Å². The lowest BCUT2D eigenvalue weighted by atomic mass is 9.91. The van der Waals surface area contributed by atoms with Crippen LogP contribution in [0, 0.1) is 11.6 Å². The van der Waals surface area contributed by atoms with Crippen LogP contribution >= 0.6 is 0 Å². The topological polar surface area (TPSA) is 69.4 Å². The molecular weight excluding hydrogens is 431 g/mol. The summed E-state index contributed by atoms with van der Waals surface area (Å²) in [4.78, 5) is 17.2. The standard InChI is InChI=1S/C21H15F5N6/c1-20(2,18-27-8-5-15(29-18)13-4-3-12(22)11-14(13)23)19-28-9-6-17(30-19)32-10-7-16(31-32)21(24,25)26/h3-11H,1-2H3. The van der Waals surface area contributed by atoms with Crippen LogP contribution in [0.15, 0.2) is 55.0 Å². The highest BCUT2D eigenvalue weighted by molar-refractivity contribution is 5.59. The molecule has 0 N–H and O–H groups in total. The summed E-state index contributed by atoms with van der Waals surface area (Å²) in [6.07, 6.45) is -0.617. The molecule has 32 heavy (non-hydrogen) atoms. The first kappa shape index (κ1) is 21.5. The maximum absolute atomic E-state index is 14.2. The first-order valence-corrected chi connectivity index (χ1v) is 9.31. The van der Waals surface area contributed by atoms with Crippen LogP contribution < -0.4 is 0 Å². The maximum atomic E-state index is 14.2. The summed E-state index contributed by atoms with van der Waals surface area (Å²) in [5.41, 5.74) is -1.72. The third-order valence-electron chi connectivity index (χ3n) is 4.74. The Kier molecular flexibility index (Phi) is 5.19. The van der Waals surface area contributed by atoms with Gasteiger partial charge in [-0.2, -0.15) is 18.3 Å². The van der Waals surface area contributed by atoms with Gasteiger partial charge in [0.25, 0.3) is 0 Å². The maximum Gasteiger partial charge on any atom is 0.435 e. The van der Waals surface area contributed by atoms with Gasteiger partial charge in [0.1, 0.15) is 23.3 Å². The van der Waals surface area contributed by atoms with Crippen molar-refractivity contribution in [2.24, 2.45) is 0 Å². The van der Waals surface area contributed by atoms with E-state index < -0.39 is 28.9 Å². The zero-order chi connectivity index (χ0) is 23.1. The molecule has 164 valence electrons. The average molecular weight is 446 g/mol. The van der Waals surface area contributed by atoms with Crippen molar-refractivity contribution in [3.05, 3.63) is 84.0 Å². The van der Waals surface area contributed by atoms with E-state index in [1.54, 1.807) is 13.8 Å². The molecule has 0 aliphatic rings. The Bertz CT molecular complexity index is 1280. The predicted molar refractivity (Wildman–Crippen MR) is 104 cm³/mol. The number of alkyl halides is 3. The monoisotopic (exact) mass is 446 g/mol. The molecule has 0 saturated carbocycles. The van der Waals surface area contributed by atoms with Gasteiger partial charge in [-0.05, 0) is 38.1 Å². The minimum absolute atomic E-state index is 0.0942. The van der Waals surface area contributed by atoms with Crippen LogP contribution in [0.5, 0.6) is 0 Å². The van der Waals surface area contributed by atoms with Crippen molar-refractivity contribution in [1.82, 2.24) is 29.7 Å². The van der Waals surface area contributed by atoms with E-state index in [0.29, 0.717) is 0 Å². The molecular formula is C21H15F5N6. The summed E-state index contributed by atoms with van der Waals surface area (Å²) in [7, 11) is 0. The van der Waals surface area contributed by atoms with Gasteiger partial charge < -0.3 is 0 Å². The molecule has 0 bridgehead atoms. The lowest BCUT2D eigenvalue weighted by molar-refractivity contribution is -0.141. The molecule has 11 heteroatoms. The summed E-state index contributed by atoms with van der Waals surface area (Å²) in [5.74, 6) is -0.898. The van der Waals surface area contributed by atoms with E-state index in [-0.39, 0.29) is 28.7 Å². The van der Waals surface area contributed by atoms with E-state index in [4.69, 9.17) is 0 Å². The van der Waals surface area contributed by atoms with Gasteiger partial charge >= 0.3 is 6.18 Å². The van der Waals surface area contributed by atoms with Crippen LogP contribution in [0.3, 0.4) is 0 Å². The molecule has 4 rings (SSSR count). The summed E-state index contributed by atoms with van der Waals surface area (Å²) in [6, 6.07) is 6.90. The Morgan fingerprint density at radius 2 is 1.53 bits per heavy atom. The van der Waals surface area contributed by atoms with Crippen LogP contribution in [0.2, 0.25) is 0 Å². The second-order valence-corrected chi connectivity index (χ2v) is 7.40. The second kappa shape index (κ2) is 7.74. The highest BCUT2D eigenvalue weighted by Crippen LogP contribution is 2.30. The summed E-state index contributed by atoms with van der Waals surface area (Å²) in [6.45, 7) is 3.44. The van der Waals surface area contributed by atoms with Crippen molar-refractivity contribution >= 4 is 0 Å². The molecule has 3 aromatic heterocycles. The number of nitrogens with zero attached hydrogens (tertiary/aromatic N) is 6. The van der Waals surface area contributed by atoms with E-state index in [0.717, 1.165) is 29.1 Å². The minimum Gasteiger partial charge on any atom is -0.240 e. The molecule has 0 fully saturated rings. The number of rotatable bonds is 4. The van der Waals surface area contributed by atoms with E-state index in [2.05, 4.69) is 25.0 Å². The minimum atomic E-state index is -4.58. The third-order valence-corrected chi connectivity index (χ3v) is 4.74. The number of aromatic nitrogens is 6. The predicted octanol–water partition coefficient (Wildman–Crippen LogP) is 4.74. The molecule has 0 radical (unpaired) electrons. The normalized spacial score (nSPS) is 12.2. The van der Waals surface area contributed by atoms with Crippen molar-refractivity contribution in [2.45, 2.75) is 25.4 Å². The fourth-order valence-corrected chi connectivity index (χ4v) is 2.99. The van der Waals surface area contributed by atoms with Crippen LogP contribution in [-0.4, -0.2) is 29.7 Å². The van der Waals surface area contributed by atoms with Crippen molar-refractivity contribution in [3.8, 4) is 17.1 Å². The van der Waals surface area contributed by atoms with Crippen LogP contribution in [0.4, 0.5) is 22.0 Å². The molecule has 0 aliphatic heterocycles. The quantitative estimate of drug-likeness (QED) is 0.424. The summed E-state index contributed by atoms with van der Waals surface area (Å²) >= 11 is 0. The molecule has 0 unspecified atom stereocenters. The fraction of sp³-hybridized carbons (Fsp3) is 0.190. The molecule has 4 aromatic rings. The second-order valence-electron chi connectivity index (χ2n) is 7.40. The van der Waals surface area contributed by atoms with Gasteiger partial charge in [0.2, 0.25) is 0 Å². The van der Waals surface area contributed by atoms with Gasteiger partial charge in [-0.1, -0.05) is 0 Å². The van der Waals surface area contributed by atoms with Gasteiger partial charge in [-0.15, -0.1) is 0 Å². The van der Waals surface area contributed by atoms with Crippen LogP contribution in [-0.2, 0) is 11.6 Å². The number of hydrogen-bond donors (Lipinski definition) is 0. The van der Waals surface area contributed by atoms with Crippen LogP contribution in [0.25, 0.3) is 17.1 Å². The zero-order valence-electron chi connectivity index (χ0n) is 16.8. The molecule has 1 aromatic carbocycles. The highest BCUT2D eigenvalue weighted by atomic mass is 19.4. The van der Waals surface area contributed by atoms with Gasteiger partial charge in [0.05, 0.1) is 11.1 Å². The highest BCUT2D eigenvalue weighted by Gasteiger charge is 2.34. The Balaban J connectivity index is 1.71. The van der Waals surface area contributed by atoms with E-state index in [1.165, 1.54) is 30.6 Å².